The number of hydrogen-bond donors (Lipinski definition) is 1. The molecule has 3 heterocycles. The summed E-state index contributed by atoms with van der Waals surface area (Å²) >= 11 is 0. The molecule has 0 aliphatic carbocycles. The van der Waals surface area contributed by atoms with Gasteiger partial charge < -0.3 is 4.74 Å². The molecule has 1 aliphatic rings. The third-order valence-electron chi connectivity index (χ3n) is 4.86. The van der Waals surface area contributed by atoms with Gasteiger partial charge in [-0.25, -0.2) is 9.97 Å². The number of benzene rings is 1. The van der Waals surface area contributed by atoms with E-state index in [2.05, 4.69) is 25.2 Å². The van der Waals surface area contributed by atoms with Crippen LogP contribution in [-0.4, -0.2) is 52.5 Å². The molecule has 1 amide bonds. The van der Waals surface area contributed by atoms with Crippen LogP contribution in [0, 0.1) is 0 Å². The Kier molecular flexibility index (Phi) is 5.76. The lowest BCUT2D eigenvalue weighted by atomic mass is 10.1. The largest absolute Gasteiger partial charge is 0.497 e. The highest BCUT2D eigenvalue weighted by Crippen LogP contribution is 2.25. The second kappa shape index (κ2) is 8.79. The van der Waals surface area contributed by atoms with Crippen molar-refractivity contribution in [3.05, 3.63) is 54.7 Å². The third-order valence-corrected chi connectivity index (χ3v) is 4.86. The zero-order valence-electron chi connectivity index (χ0n) is 16.3. The van der Waals surface area contributed by atoms with Gasteiger partial charge in [0.25, 0.3) is 0 Å². The number of anilines is 1. The van der Waals surface area contributed by atoms with Crippen LogP contribution in [0.1, 0.15) is 12.8 Å². The summed E-state index contributed by atoms with van der Waals surface area (Å²) in [4.78, 5) is 28.1. The number of hydrogen-bond acceptors (Lipinski definition) is 6. The van der Waals surface area contributed by atoms with Crippen molar-refractivity contribution in [3.63, 3.8) is 0 Å². The zero-order valence-corrected chi connectivity index (χ0v) is 16.3. The lowest BCUT2D eigenvalue weighted by molar-refractivity contribution is -0.117. The van der Waals surface area contributed by atoms with Gasteiger partial charge in [0.05, 0.1) is 30.7 Å². The molecule has 3 aromatic rings. The second-order valence-electron chi connectivity index (χ2n) is 6.94. The summed E-state index contributed by atoms with van der Waals surface area (Å²) in [6.07, 6.45) is 4.00. The van der Waals surface area contributed by atoms with Crippen molar-refractivity contribution >= 4 is 11.9 Å². The van der Waals surface area contributed by atoms with Crippen LogP contribution in [-0.2, 0) is 4.79 Å². The lowest BCUT2D eigenvalue weighted by Gasteiger charge is -2.14. The van der Waals surface area contributed by atoms with Gasteiger partial charge >= 0.3 is 0 Å². The first kappa shape index (κ1) is 19.0. The molecule has 0 saturated carbocycles. The minimum Gasteiger partial charge on any atom is -0.497 e. The monoisotopic (exact) mass is 389 g/mol. The van der Waals surface area contributed by atoms with Crippen molar-refractivity contribution in [2.75, 3.05) is 32.1 Å². The van der Waals surface area contributed by atoms with Crippen molar-refractivity contribution < 1.29 is 9.53 Å². The topological polar surface area (TPSA) is 80.2 Å². The molecule has 0 spiro atoms. The van der Waals surface area contributed by atoms with Gasteiger partial charge in [0, 0.05) is 11.8 Å². The summed E-state index contributed by atoms with van der Waals surface area (Å²) < 4.78 is 5.23. The average molecular weight is 389 g/mol. The molecule has 1 aromatic carbocycles. The number of nitrogens with zero attached hydrogens (tertiary/aromatic N) is 4. The van der Waals surface area contributed by atoms with E-state index in [9.17, 15) is 4.79 Å². The lowest BCUT2D eigenvalue weighted by Crippen LogP contribution is -2.31. The average Bonchev–Trinajstić information content (AvgIpc) is 3.27. The van der Waals surface area contributed by atoms with Gasteiger partial charge in [-0.1, -0.05) is 6.07 Å². The molecule has 0 atom stereocenters. The molecule has 0 radical (unpaired) electrons. The minimum atomic E-state index is -0.106. The van der Waals surface area contributed by atoms with Crippen LogP contribution in [0.4, 0.5) is 5.95 Å². The van der Waals surface area contributed by atoms with E-state index >= 15 is 0 Å². The van der Waals surface area contributed by atoms with Gasteiger partial charge in [0.15, 0.2) is 0 Å². The van der Waals surface area contributed by atoms with Gasteiger partial charge in [0.1, 0.15) is 5.75 Å². The molecule has 1 aliphatic heterocycles. The van der Waals surface area contributed by atoms with Gasteiger partial charge in [0.2, 0.25) is 11.9 Å². The Labute approximate surface area is 169 Å². The van der Waals surface area contributed by atoms with Crippen molar-refractivity contribution in [3.8, 4) is 28.4 Å². The highest BCUT2D eigenvalue weighted by Gasteiger charge is 2.17. The molecule has 2 aromatic heterocycles. The van der Waals surface area contributed by atoms with E-state index in [0.717, 1.165) is 42.9 Å². The Morgan fingerprint density at radius 2 is 1.79 bits per heavy atom. The number of amides is 1. The molecule has 1 fully saturated rings. The molecule has 0 unspecified atom stereocenters. The van der Waals surface area contributed by atoms with E-state index in [0.29, 0.717) is 17.9 Å². The van der Waals surface area contributed by atoms with Gasteiger partial charge in [-0.3, -0.25) is 20.0 Å². The van der Waals surface area contributed by atoms with E-state index in [1.54, 1.807) is 13.3 Å². The molecule has 1 N–H and O–H groups in total. The van der Waals surface area contributed by atoms with Crippen LogP contribution < -0.4 is 10.1 Å². The van der Waals surface area contributed by atoms with Crippen LogP contribution >= 0.6 is 0 Å². The molecule has 7 nitrogen and oxygen atoms in total. The van der Waals surface area contributed by atoms with Crippen molar-refractivity contribution in [2.24, 2.45) is 0 Å². The van der Waals surface area contributed by atoms with Crippen LogP contribution in [0.5, 0.6) is 5.75 Å². The van der Waals surface area contributed by atoms with Crippen LogP contribution in [0.25, 0.3) is 22.6 Å². The Bertz CT molecular complexity index is 970. The molecule has 7 heteroatoms. The molecule has 0 bridgehead atoms. The molecule has 148 valence electrons. The first-order valence-electron chi connectivity index (χ1n) is 9.68. The fourth-order valence-electron chi connectivity index (χ4n) is 3.37. The Hall–Kier alpha value is -3.32. The van der Waals surface area contributed by atoms with E-state index < -0.39 is 0 Å². The molecule has 29 heavy (non-hydrogen) atoms. The van der Waals surface area contributed by atoms with Crippen molar-refractivity contribution in [1.29, 1.82) is 0 Å². The molecular weight excluding hydrogens is 366 g/mol. The summed E-state index contributed by atoms with van der Waals surface area (Å²) in [7, 11) is 1.63. The number of aromatic nitrogens is 3. The summed E-state index contributed by atoms with van der Waals surface area (Å²) in [6.45, 7) is 2.27. The zero-order chi connectivity index (χ0) is 20.1. The van der Waals surface area contributed by atoms with Gasteiger partial charge in [-0.2, -0.15) is 0 Å². The molecule has 4 rings (SSSR count). The first-order chi connectivity index (χ1) is 14.2. The fraction of sp³-hybridized carbons (Fsp3) is 0.273. The van der Waals surface area contributed by atoms with E-state index in [1.807, 2.05) is 48.5 Å². The highest BCUT2D eigenvalue weighted by molar-refractivity contribution is 5.91. The summed E-state index contributed by atoms with van der Waals surface area (Å²) in [6, 6.07) is 15.1. The van der Waals surface area contributed by atoms with Crippen LogP contribution in [0.2, 0.25) is 0 Å². The fourth-order valence-corrected chi connectivity index (χ4v) is 3.37. The number of ether oxygens (including phenoxy) is 1. The minimum absolute atomic E-state index is 0.106. The number of carbonyl (C=O) groups excluding carboxylic acids is 1. The van der Waals surface area contributed by atoms with E-state index in [-0.39, 0.29) is 11.9 Å². The van der Waals surface area contributed by atoms with Gasteiger partial charge in [-0.15, -0.1) is 0 Å². The van der Waals surface area contributed by atoms with Crippen LogP contribution in [0.15, 0.2) is 54.7 Å². The number of carbonyl (C=O) groups is 1. The summed E-state index contributed by atoms with van der Waals surface area (Å²) in [5, 5.41) is 2.86. The van der Waals surface area contributed by atoms with Crippen molar-refractivity contribution in [1.82, 2.24) is 19.9 Å². The van der Waals surface area contributed by atoms with Crippen LogP contribution in [0.3, 0.4) is 0 Å². The Morgan fingerprint density at radius 1 is 1.03 bits per heavy atom. The molecular formula is C22H23N5O2. The maximum atomic E-state index is 12.5. The first-order valence-corrected chi connectivity index (χ1v) is 9.68. The smallest absolute Gasteiger partial charge is 0.240 e. The maximum Gasteiger partial charge on any atom is 0.240 e. The molecule has 1 saturated heterocycles. The van der Waals surface area contributed by atoms with Gasteiger partial charge in [-0.05, 0) is 68.4 Å². The second-order valence-corrected chi connectivity index (χ2v) is 6.94. The summed E-state index contributed by atoms with van der Waals surface area (Å²) in [5.74, 6) is 0.945. The quantitative estimate of drug-likeness (QED) is 0.697. The number of methoxy groups -OCH3 is 1. The van der Waals surface area contributed by atoms with E-state index in [1.165, 1.54) is 0 Å². The number of likely N-dealkylation sites (tertiary alicyclic amines) is 1. The predicted octanol–water partition coefficient (Wildman–Crippen LogP) is 3.25. The predicted molar refractivity (Wildman–Crippen MR) is 112 cm³/mol. The number of nitrogens with one attached hydrogen (secondary N) is 1. The highest BCUT2D eigenvalue weighted by atomic mass is 16.5. The number of rotatable bonds is 6. The summed E-state index contributed by atoms with van der Waals surface area (Å²) in [5.41, 5.74) is 2.99. The number of pyridine rings is 1. The third kappa shape index (κ3) is 4.75. The Balaban J connectivity index is 1.64. The standard InChI is InChI=1S/C22H23N5O2/c1-29-17-9-7-16(8-10-17)19-14-20(18-6-2-3-11-23-18)25-22(24-19)26-21(28)15-27-12-4-5-13-27/h2-3,6-11,14H,4-5,12-13,15H2,1H3,(H,24,25,26,28). The SMILES string of the molecule is COc1ccc(-c2cc(-c3ccccn3)nc(NC(=O)CN3CCCC3)n2)cc1. The Morgan fingerprint density at radius 3 is 2.48 bits per heavy atom. The maximum absolute atomic E-state index is 12.5. The van der Waals surface area contributed by atoms with Crippen molar-refractivity contribution in [2.45, 2.75) is 12.8 Å². The normalized spacial score (nSPS) is 14.0. The van der Waals surface area contributed by atoms with E-state index in [4.69, 9.17) is 4.74 Å².